The van der Waals surface area contributed by atoms with E-state index in [-0.39, 0.29) is 57.4 Å². The van der Waals surface area contributed by atoms with Crippen LogP contribution in [0.5, 0.6) is 0 Å². The fourth-order valence-electron chi connectivity index (χ4n) is 1.87. The van der Waals surface area contributed by atoms with Crippen LogP contribution in [0.2, 0.25) is 0 Å². The minimum absolute atomic E-state index is 0. The zero-order valence-electron chi connectivity index (χ0n) is 13.4. The van der Waals surface area contributed by atoms with Gasteiger partial charge in [-0.1, -0.05) is 0 Å². The number of hydrogen-bond donors (Lipinski definition) is 1. The van der Waals surface area contributed by atoms with Gasteiger partial charge in [-0.2, -0.15) is 0 Å². The molecule has 0 spiro atoms. The number of carbonyl (C=O) groups excluding carboxylic acids is 2. The first-order valence-corrected chi connectivity index (χ1v) is 6.96. The van der Waals surface area contributed by atoms with Gasteiger partial charge in [0.05, 0.1) is 25.2 Å². The minimum atomic E-state index is -1.25. The van der Waals surface area contributed by atoms with E-state index in [2.05, 4.69) is 10.2 Å². The predicted molar refractivity (Wildman–Crippen MR) is 72.1 cm³/mol. The zero-order valence-corrected chi connectivity index (χ0v) is 16.5. The predicted octanol–water partition coefficient (Wildman–Crippen LogP) is -4.12. The van der Waals surface area contributed by atoms with E-state index >= 15 is 0 Å². The number of aliphatic carboxylic acids is 1. The molecule has 1 heterocycles. The zero-order chi connectivity index (χ0) is 15.1. The number of carbonyl (C=O) groups is 2. The summed E-state index contributed by atoms with van der Waals surface area (Å²) in [4.78, 5) is 26.5. The molecule has 1 aliphatic heterocycles. The van der Waals surface area contributed by atoms with Gasteiger partial charge in [0, 0.05) is 32.7 Å². The van der Waals surface area contributed by atoms with Crippen LogP contribution in [-0.4, -0.2) is 73.8 Å². The van der Waals surface area contributed by atoms with Gasteiger partial charge in [0.1, 0.15) is 0 Å². The topological polar surface area (TPSA) is 84.9 Å². The molecule has 0 bridgehead atoms. The first-order valence-electron chi connectivity index (χ1n) is 6.96. The summed E-state index contributed by atoms with van der Waals surface area (Å²) in [6, 6.07) is -1.35. The molecule has 8 heteroatoms. The Bertz CT molecular complexity index is 335. The molecular weight excluding hydrogens is 301 g/mol. The van der Waals surface area contributed by atoms with Crippen LogP contribution in [0.25, 0.3) is 0 Å². The van der Waals surface area contributed by atoms with Crippen molar-refractivity contribution in [1.29, 1.82) is 0 Å². The number of rotatable bonds is 6. The molecular formula is C13H24KN3O4. The molecule has 116 valence electrons. The average Bonchev–Trinajstić information content (AvgIpc) is 2.42. The number of ether oxygens (including phenoxy) is 1. The molecule has 0 saturated carbocycles. The smallest absolute Gasteiger partial charge is 0.548 e. The van der Waals surface area contributed by atoms with E-state index in [0.29, 0.717) is 26.2 Å². The van der Waals surface area contributed by atoms with Crippen LogP contribution in [-0.2, 0) is 9.53 Å². The normalized spacial score (nSPS) is 17.0. The van der Waals surface area contributed by atoms with Gasteiger partial charge in [-0.05, 0) is 20.3 Å². The fraction of sp³-hybridized carbons (Fsp3) is 0.846. The second-order valence-electron chi connectivity index (χ2n) is 5.27. The van der Waals surface area contributed by atoms with Gasteiger partial charge in [0.15, 0.2) is 0 Å². The Morgan fingerprint density at radius 3 is 2.38 bits per heavy atom. The summed E-state index contributed by atoms with van der Waals surface area (Å²) in [6.07, 6.45) is 0.333. The standard InChI is InChI=1S/C13H25N3O4.K/c1-10(2)15(3)13(19)14-11(12(17)18)4-5-16-6-8-20-9-7-16;/h10-11H,4-9H2,1-3H3,(H,14,19)(H,17,18);/q;+1/p-1/t11-;/m0./s1. The van der Waals surface area contributed by atoms with Crippen molar-refractivity contribution in [2.45, 2.75) is 32.4 Å². The Labute approximate surface area is 168 Å². The van der Waals surface area contributed by atoms with Crippen molar-refractivity contribution in [2.24, 2.45) is 0 Å². The summed E-state index contributed by atoms with van der Waals surface area (Å²) in [7, 11) is 1.63. The Morgan fingerprint density at radius 1 is 1.33 bits per heavy atom. The summed E-state index contributed by atoms with van der Waals surface area (Å²) in [5.74, 6) is -1.25. The number of nitrogens with zero attached hydrogens (tertiary/aromatic N) is 2. The molecule has 1 aliphatic rings. The Balaban J connectivity index is 0.00000400. The molecule has 1 atom stereocenters. The van der Waals surface area contributed by atoms with Crippen molar-refractivity contribution < 1.29 is 70.8 Å². The minimum Gasteiger partial charge on any atom is -0.548 e. The van der Waals surface area contributed by atoms with Crippen LogP contribution in [0.1, 0.15) is 20.3 Å². The van der Waals surface area contributed by atoms with Crippen LogP contribution in [0, 0.1) is 0 Å². The van der Waals surface area contributed by atoms with Gasteiger partial charge in [-0.25, -0.2) is 4.79 Å². The number of carboxylic acid groups (broad SMARTS) is 1. The molecule has 1 N–H and O–H groups in total. The van der Waals surface area contributed by atoms with Gasteiger partial charge in [-0.3, -0.25) is 4.90 Å². The van der Waals surface area contributed by atoms with Crippen LogP contribution < -0.4 is 61.8 Å². The van der Waals surface area contributed by atoms with E-state index in [1.54, 1.807) is 7.05 Å². The van der Waals surface area contributed by atoms with Crippen molar-refractivity contribution in [3.05, 3.63) is 0 Å². The second kappa shape index (κ2) is 10.9. The Hall–Kier alpha value is 0.296. The van der Waals surface area contributed by atoms with Gasteiger partial charge in [0.2, 0.25) is 0 Å². The van der Waals surface area contributed by atoms with Gasteiger partial charge in [0.25, 0.3) is 0 Å². The average molecular weight is 325 g/mol. The van der Waals surface area contributed by atoms with E-state index < -0.39 is 18.0 Å². The third-order valence-corrected chi connectivity index (χ3v) is 3.51. The van der Waals surface area contributed by atoms with Crippen molar-refractivity contribution in [3.8, 4) is 0 Å². The van der Waals surface area contributed by atoms with Crippen LogP contribution in [0.15, 0.2) is 0 Å². The molecule has 1 rings (SSSR count). The quantitative estimate of drug-likeness (QED) is 0.502. The molecule has 0 aromatic heterocycles. The molecule has 2 amide bonds. The van der Waals surface area contributed by atoms with E-state index in [0.717, 1.165) is 13.1 Å². The SMILES string of the molecule is CC(C)N(C)C(=O)N[C@@H](CCN1CCOCC1)C(=O)[O-].[K+]. The third kappa shape index (κ3) is 7.92. The molecule has 7 nitrogen and oxygen atoms in total. The maximum Gasteiger partial charge on any atom is 1.00 e. The molecule has 0 aromatic rings. The van der Waals surface area contributed by atoms with E-state index in [1.807, 2.05) is 13.8 Å². The maximum atomic E-state index is 11.8. The number of nitrogens with one attached hydrogen (secondary N) is 1. The summed E-state index contributed by atoms with van der Waals surface area (Å²) >= 11 is 0. The van der Waals surface area contributed by atoms with Crippen LogP contribution in [0.3, 0.4) is 0 Å². The number of carboxylic acids is 1. The molecule has 1 fully saturated rings. The van der Waals surface area contributed by atoms with Gasteiger partial charge in [-0.15, -0.1) is 0 Å². The van der Waals surface area contributed by atoms with E-state index in [1.165, 1.54) is 4.90 Å². The van der Waals surface area contributed by atoms with Gasteiger partial charge < -0.3 is 24.9 Å². The van der Waals surface area contributed by atoms with Crippen LogP contribution in [0.4, 0.5) is 4.79 Å². The maximum absolute atomic E-state index is 11.8. The number of urea groups is 1. The monoisotopic (exact) mass is 325 g/mol. The summed E-state index contributed by atoms with van der Waals surface area (Å²) in [6.45, 7) is 7.24. The molecule has 0 aromatic carbocycles. The summed E-state index contributed by atoms with van der Waals surface area (Å²) < 4.78 is 5.23. The second-order valence-corrected chi connectivity index (χ2v) is 5.27. The van der Waals surface area contributed by atoms with Crippen molar-refractivity contribution in [1.82, 2.24) is 15.1 Å². The molecule has 21 heavy (non-hydrogen) atoms. The summed E-state index contributed by atoms with van der Waals surface area (Å²) in [5.41, 5.74) is 0. The summed E-state index contributed by atoms with van der Waals surface area (Å²) in [5, 5.41) is 13.6. The van der Waals surface area contributed by atoms with E-state index in [9.17, 15) is 14.7 Å². The number of amides is 2. The molecule has 0 aliphatic carbocycles. The van der Waals surface area contributed by atoms with Gasteiger partial charge >= 0.3 is 57.4 Å². The van der Waals surface area contributed by atoms with Crippen LogP contribution >= 0.6 is 0 Å². The first-order chi connectivity index (χ1) is 9.41. The van der Waals surface area contributed by atoms with E-state index in [4.69, 9.17) is 4.74 Å². The Morgan fingerprint density at radius 2 is 1.90 bits per heavy atom. The van der Waals surface area contributed by atoms with Crippen molar-refractivity contribution in [2.75, 3.05) is 39.9 Å². The molecule has 0 unspecified atom stereocenters. The molecule has 1 saturated heterocycles. The molecule has 0 radical (unpaired) electrons. The number of hydrogen-bond acceptors (Lipinski definition) is 5. The largest absolute Gasteiger partial charge is 1.00 e. The Kier molecular flexibility index (Phi) is 11.1. The van der Waals surface area contributed by atoms with Crippen molar-refractivity contribution in [3.63, 3.8) is 0 Å². The third-order valence-electron chi connectivity index (χ3n) is 3.51. The fourth-order valence-corrected chi connectivity index (χ4v) is 1.87. The number of morpholine rings is 1. The van der Waals surface area contributed by atoms with Crippen molar-refractivity contribution >= 4 is 12.0 Å². The first kappa shape index (κ1) is 21.3.